The van der Waals surface area contributed by atoms with Crippen molar-refractivity contribution in [1.82, 2.24) is 0 Å². The molecule has 4 nitrogen and oxygen atoms in total. The van der Waals surface area contributed by atoms with E-state index in [9.17, 15) is 26.4 Å². The molecule has 21 heavy (non-hydrogen) atoms. The quantitative estimate of drug-likeness (QED) is 0.615. The van der Waals surface area contributed by atoms with Crippen molar-refractivity contribution in [3.8, 4) is 0 Å². The summed E-state index contributed by atoms with van der Waals surface area (Å²) in [6.45, 7) is -0.101. The highest BCUT2D eigenvalue weighted by atomic mass is 35.7. The summed E-state index contributed by atoms with van der Waals surface area (Å²) in [6, 6.07) is 5.14. The Kier molecular flexibility index (Phi) is 4.46. The predicted molar refractivity (Wildman–Crippen MR) is 73.9 cm³/mol. The van der Waals surface area contributed by atoms with Gasteiger partial charge in [0, 0.05) is 34.2 Å². The number of hydrogen-bond donors (Lipinski definition) is 0. The van der Waals surface area contributed by atoms with Gasteiger partial charge in [-0.05, 0) is 36.0 Å². The summed E-state index contributed by atoms with van der Waals surface area (Å²) in [5.74, 6) is -0.430. The summed E-state index contributed by atoms with van der Waals surface area (Å²) in [6.07, 6.45) is -0.231. The number of alkyl halides is 3. The monoisotopic (exact) mass is 359 g/mol. The average molecular weight is 360 g/mol. The number of amides is 1. The maximum Gasteiger partial charge on any atom is 0.446 e. The standard InChI is InChI=1S/C11H9ClF3NO3S2/c12-21(18,19)9-5-10(17)16(6-9)7-1-3-8(4-2-7)20-11(13,14)15/h1-4,9H,5-6H2. The summed E-state index contributed by atoms with van der Waals surface area (Å²) < 4.78 is 59.1. The Labute approximate surface area is 127 Å². The van der Waals surface area contributed by atoms with Crippen molar-refractivity contribution in [1.29, 1.82) is 0 Å². The van der Waals surface area contributed by atoms with Gasteiger partial charge in [0.05, 0.1) is 0 Å². The van der Waals surface area contributed by atoms with Crippen molar-refractivity contribution in [2.75, 3.05) is 11.4 Å². The second kappa shape index (κ2) is 5.69. The van der Waals surface area contributed by atoms with Gasteiger partial charge in [-0.1, -0.05) is 0 Å². The highest BCUT2D eigenvalue weighted by molar-refractivity contribution is 8.14. The molecular weight excluding hydrogens is 351 g/mol. The van der Waals surface area contributed by atoms with Crippen molar-refractivity contribution in [2.24, 2.45) is 0 Å². The first-order valence-corrected chi connectivity index (χ1v) is 8.85. The van der Waals surface area contributed by atoms with E-state index < -0.39 is 25.7 Å². The fourth-order valence-electron chi connectivity index (χ4n) is 1.94. The highest BCUT2D eigenvalue weighted by Crippen LogP contribution is 2.37. The summed E-state index contributed by atoms with van der Waals surface area (Å²) in [7, 11) is 1.37. The smallest absolute Gasteiger partial charge is 0.311 e. The second-order valence-electron chi connectivity index (χ2n) is 4.35. The Bertz CT molecular complexity index is 646. The number of nitrogens with zero attached hydrogens (tertiary/aromatic N) is 1. The lowest BCUT2D eigenvalue weighted by molar-refractivity contribution is -0.117. The maximum absolute atomic E-state index is 12.2. The van der Waals surface area contributed by atoms with Crippen molar-refractivity contribution in [3.63, 3.8) is 0 Å². The van der Waals surface area contributed by atoms with Crippen LogP contribution in [-0.4, -0.2) is 31.6 Å². The zero-order valence-electron chi connectivity index (χ0n) is 10.3. The molecule has 1 aliphatic heterocycles. The van der Waals surface area contributed by atoms with E-state index in [-0.39, 0.29) is 29.6 Å². The van der Waals surface area contributed by atoms with E-state index >= 15 is 0 Å². The lowest BCUT2D eigenvalue weighted by Gasteiger charge is -2.16. The molecule has 0 saturated carbocycles. The van der Waals surface area contributed by atoms with Crippen molar-refractivity contribution < 1.29 is 26.4 Å². The largest absolute Gasteiger partial charge is 0.446 e. The van der Waals surface area contributed by atoms with E-state index in [1.807, 2.05) is 0 Å². The molecule has 1 amide bonds. The maximum atomic E-state index is 12.2. The van der Waals surface area contributed by atoms with E-state index in [1.165, 1.54) is 29.2 Å². The summed E-state index contributed by atoms with van der Waals surface area (Å²) in [5, 5.41) is -1.00. The average Bonchev–Trinajstić information content (AvgIpc) is 2.70. The third kappa shape index (κ3) is 4.27. The van der Waals surface area contributed by atoms with Crippen LogP contribution in [0, 0.1) is 0 Å². The number of rotatable bonds is 3. The first-order chi connectivity index (χ1) is 9.56. The minimum atomic E-state index is -4.39. The minimum Gasteiger partial charge on any atom is -0.311 e. The van der Waals surface area contributed by atoms with Gasteiger partial charge in [0.15, 0.2) is 0 Å². The third-order valence-electron chi connectivity index (χ3n) is 2.87. The fraction of sp³-hybridized carbons (Fsp3) is 0.364. The highest BCUT2D eigenvalue weighted by Gasteiger charge is 2.38. The van der Waals surface area contributed by atoms with Gasteiger partial charge in [0.1, 0.15) is 5.25 Å². The van der Waals surface area contributed by atoms with Crippen LogP contribution in [0.25, 0.3) is 0 Å². The predicted octanol–water partition coefficient (Wildman–Crippen LogP) is 2.97. The van der Waals surface area contributed by atoms with E-state index in [2.05, 4.69) is 0 Å². The molecule has 1 unspecified atom stereocenters. The summed E-state index contributed by atoms with van der Waals surface area (Å²) >= 11 is -0.263. The Morgan fingerprint density at radius 2 is 1.81 bits per heavy atom. The molecular formula is C11H9ClF3NO3S2. The van der Waals surface area contributed by atoms with Gasteiger partial charge in [-0.15, -0.1) is 0 Å². The SMILES string of the molecule is O=C1CC(S(=O)(=O)Cl)CN1c1ccc(SC(F)(F)F)cc1. The van der Waals surface area contributed by atoms with Gasteiger partial charge < -0.3 is 4.90 Å². The number of carbonyl (C=O) groups excluding carboxylic acids is 1. The Morgan fingerprint density at radius 1 is 1.24 bits per heavy atom. The van der Waals surface area contributed by atoms with Crippen LogP contribution in [0.5, 0.6) is 0 Å². The van der Waals surface area contributed by atoms with Crippen LogP contribution in [-0.2, 0) is 13.8 Å². The molecule has 0 N–H and O–H groups in total. The molecule has 0 spiro atoms. The number of carbonyl (C=O) groups is 1. The van der Waals surface area contributed by atoms with E-state index in [1.54, 1.807) is 0 Å². The van der Waals surface area contributed by atoms with Crippen LogP contribution in [0.3, 0.4) is 0 Å². The minimum absolute atomic E-state index is 0.0144. The lowest BCUT2D eigenvalue weighted by Crippen LogP contribution is -2.26. The van der Waals surface area contributed by atoms with Gasteiger partial charge in [-0.3, -0.25) is 4.79 Å². The van der Waals surface area contributed by atoms with E-state index in [0.717, 1.165) is 0 Å². The molecule has 1 aliphatic rings. The number of halogens is 4. The Hall–Kier alpha value is -0.930. The zero-order chi connectivity index (χ0) is 15.8. The van der Waals surface area contributed by atoms with Crippen molar-refractivity contribution in [3.05, 3.63) is 24.3 Å². The summed E-state index contributed by atoms with van der Waals surface area (Å²) in [4.78, 5) is 12.9. The van der Waals surface area contributed by atoms with Gasteiger partial charge >= 0.3 is 5.51 Å². The Balaban J connectivity index is 2.14. The zero-order valence-corrected chi connectivity index (χ0v) is 12.7. The summed E-state index contributed by atoms with van der Waals surface area (Å²) in [5.41, 5.74) is -4.04. The van der Waals surface area contributed by atoms with E-state index in [4.69, 9.17) is 10.7 Å². The normalized spacial score (nSPS) is 20.1. The van der Waals surface area contributed by atoms with Crippen LogP contribution in [0.4, 0.5) is 18.9 Å². The molecule has 2 rings (SSSR count). The molecule has 0 aromatic heterocycles. The molecule has 1 atom stereocenters. The van der Waals surface area contributed by atoms with Gasteiger partial charge in [-0.25, -0.2) is 8.42 Å². The van der Waals surface area contributed by atoms with Crippen LogP contribution in [0.2, 0.25) is 0 Å². The molecule has 0 radical (unpaired) electrons. The number of anilines is 1. The topological polar surface area (TPSA) is 54.5 Å². The number of benzene rings is 1. The van der Waals surface area contributed by atoms with Gasteiger partial charge in [0.2, 0.25) is 15.0 Å². The Morgan fingerprint density at radius 3 is 2.24 bits per heavy atom. The molecule has 1 fully saturated rings. The van der Waals surface area contributed by atoms with Crippen molar-refractivity contribution in [2.45, 2.75) is 22.1 Å². The number of hydrogen-bond acceptors (Lipinski definition) is 4. The van der Waals surface area contributed by atoms with Gasteiger partial charge in [0.25, 0.3) is 0 Å². The van der Waals surface area contributed by atoms with E-state index in [0.29, 0.717) is 5.69 Å². The second-order valence-corrected chi connectivity index (χ2v) is 8.39. The fourth-order valence-corrected chi connectivity index (χ4v) is 3.51. The molecule has 0 bridgehead atoms. The lowest BCUT2D eigenvalue weighted by atomic mass is 10.3. The molecule has 0 aliphatic carbocycles. The molecule has 1 heterocycles. The van der Waals surface area contributed by atoms with Crippen LogP contribution in [0.15, 0.2) is 29.2 Å². The van der Waals surface area contributed by atoms with Crippen molar-refractivity contribution >= 4 is 43.1 Å². The first-order valence-electron chi connectivity index (χ1n) is 5.66. The van der Waals surface area contributed by atoms with Gasteiger partial charge in [-0.2, -0.15) is 13.2 Å². The molecule has 10 heteroatoms. The van der Waals surface area contributed by atoms with Crippen LogP contribution >= 0.6 is 22.4 Å². The molecule has 1 aromatic carbocycles. The number of thioether (sulfide) groups is 1. The third-order valence-corrected chi connectivity index (χ3v) is 5.48. The van der Waals surface area contributed by atoms with Crippen LogP contribution < -0.4 is 4.90 Å². The first kappa shape index (κ1) is 16.4. The molecule has 116 valence electrons. The van der Waals surface area contributed by atoms with Crippen LogP contribution in [0.1, 0.15) is 6.42 Å². The molecule has 1 saturated heterocycles. The molecule has 1 aromatic rings.